The van der Waals surface area contributed by atoms with Crippen molar-refractivity contribution in [2.24, 2.45) is 5.41 Å². The van der Waals surface area contributed by atoms with Crippen molar-refractivity contribution >= 4 is 5.91 Å². The monoisotopic (exact) mass is 274 g/mol. The summed E-state index contributed by atoms with van der Waals surface area (Å²) in [5.41, 5.74) is 1.19. The van der Waals surface area contributed by atoms with E-state index in [1.807, 2.05) is 18.0 Å². The Balaban J connectivity index is 1.79. The summed E-state index contributed by atoms with van der Waals surface area (Å²) in [6.07, 6.45) is 3.97. The van der Waals surface area contributed by atoms with Gasteiger partial charge in [-0.15, -0.1) is 0 Å². The number of hydrogen-bond donors (Lipinski definition) is 1. The van der Waals surface area contributed by atoms with Gasteiger partial charge in [0, 0.05) is 19.0 Å². The molecular formula is C17H26N2O. The smallest absolute Gasteiger partial charge is 0.228 e. The standard InChI is InChI=1S/C17H26N2O/c1-17(10-12-18-13-11-17)16(20)19(2)14-6-9-15-7-4-3-5-8-15/h3-5,7-8,18H,6,9-14H2,1-2H3. The van der Waals surface area contributed by atoms with Crippen molar-refractivity contribution in [1.29, 1.82) is 0 Å². The summed E-state index contributed by atoms with van der Waals surface area (Å²) in [5.74, 6) is 0.312. The average Bonchev–Trinajstić information content (AvgIpc) is 2.48. The van der Waals surface area contributed by atoms with E-state index in [0.29, 0.717) is 5.91 Å². The van der Waals surface area contributed by atoms with Crippen LogP contribution in [0, 0.1) is 5.41 Å². The fourth-order valence-electron chi connectivity index (χ4n) is 2.92. The number of nitrogens with one attached hydrogen (secondary N) is 1. The summed E-state index contributed by atoms with van der Waals surface area (Å²) >= 11 is 0. The molecule has 1 saturated heterocycles. The van der Waals surface area contributed by atoms with E-state index in [-0.39, 0.29) is 5.41 Å². The Hall–Kier alpha value is -1.35. The lowest BCUT2D eigenvalue weighted by atomic mass is 9.79. The number of amides is 1. The summed E-state index contributed by atoms with van der Waals surface area (Å²) in [4.78, 5) is 14.5. The molecule has 0 bridgehead atoms. The van der Waals surface area contributed by atoms with Gasteiger partial charge in [0.2, 0.25) is 5.91 Å². The molecule has 0 atom stereocenters. The van der Waals surface area contributed by atoms with Crippen molar-refractivity contribution < 1.29 is 4.79 Å². The van der Waals surface area contributed by atoms with Crippen LogP contribution < -0.4 is 5.32 Å². The molecule has 1 fully saturated rings. The second-order valence-corrected chi connectivity index (χ2v) is 6.13. The summed E-state index contributed by atoms with van der Waals surface area (Å²) in [7, 11) is 1.95. The Morgan fingerprint density at radius 1 is 1.25 bits per heavy atom. The third kappa shape index (κ3) is 3.83. The molecule has 0 aromatic heterocycles. The maximum absolute atomic E-state index is 12.6. The number of rotatable bonds is 5. The molecule has 1 N–H and O–H groups in total. The molecule has 0 saturated carbocycles. The number of hydrogen-bond acceptors (Lipinski definition) is 2. The molecule has 1 aromatic carbocycles. The number of carbonyl (C=O) groups excluding carboxylic acids is 1. The summed E-state index contributed by atoms with van der Waals surface area (Å²) < 4.78 is 0. The molecule has 3 heteroatoms. The van der Waals surface area contributed by atoms with Crippen LogP contribution >= 0.6 is 0 Å². The average molecular weight is 274 g/mol. The van der Waals surface area contributed by atoms with Crippen molar-refractivity contribution in [2.45, 2.75) is 32.6 Å². The first-order valence-electron chi connectivity index (χ1n) is 7.62. The van der Waals surface area contributed by atoms with Crippen LogP contribution in [0.25, 0.3) is 0 Å². The summed E-state index contributed by atoms with van der Waals surface area (Å²) in [5, 5.41) is 3.33. The van der Waals surface area contributed by atoms with Crippen LogP contribution in [-0.2, 0) is 11.2 Å². The maximum atomic E-state index is 12.6. The van der Waals surface area contributed by atoms with Crippen molar-refractivity contribution in [2.75, 3.05) is 26.7 Å². The van der Waals surface area contributed by atoms with E-state index < -0.39 is 0 Å². The van der Waals surface area contributed by atoms with Gasteiger partial charge in [-0.25, -0.2) is 0 Å². The molecule has 1 amide bonds. The van der Waals surface area contributed by atoms with Crippen molar-refractivity contribution in [1.82, 2.24) is 10.2 Å². The van der Waals surface area contributed by atoms with E-state index in [2.05, 4.69) is 36.5 Å². The number of aryl methyl sites for hydroxylation is 1. The molecule has 0 aliphatic carbocycles. The zero-order valence-corrected chi connectivity index (χ0v) is 12.7. The van der Waals surface area contributed by atoms with Crippen LogP contribution in [0.3, 0.4) is 0 Å². The highest BCUT2D eigenvalue weighted by Gasteiger charge is 2.36. The number of carbonyl (C=O) groups is 1. The van der Waals surface area contributed by atoms with Crippen molar-refractivity contribution in [3.63, 3.8) is 0 Å². The van der Waals surface area contributed by atoms with E-state index in [9.17, 15) is 4.79 Å². The zero-order valence-electron chi connectivity index (χ0n) is 12.7. The molecule has 0 unspecified atom stereocenters. The van der Waals surface area contributed by atoms with Gasteiger partial charge < -0.3 is 10.2 Å². The van der Waals surface area contributed by atoms with Crippen LogP contribution in [0.5, 0.6) is 0 Å². The molecule has 1 aliphatic heterocycles. The van der Waals surface area contributed by atoms with Crippen LogP contribution in [0.4, 0.5) is 0 Å². The number of piperidine rings is 1. The molecule has 3 nitrogen and oxygen atoms in total. The molecule has 1 aromatic rings. The second-order valence-electron chi connectivity index (χ2n) is 6.13. The van der Waals surface area contributed by atoms with E-state index >= 15 is 0 Å². The third-order valence-corrected chi connectivity index (χ3v) is 4.37. The quantitative estimate of drug-likeness (QED) is 0.894. The van der Waals surface area contributed by atoms with Crippen LogP contribution in [-0.4, -0.2) is 37.5 Å². The molecule has 0 radical (unpaired) electrons. The Morgan fingerprint density at radius 3 is 2.55 bits per heavy atom. The van der Waals surface area contributed by atoms with E-state index in [1.54, 1.807) is 0 Å². The van der Waals surface area contributed by atoms with Gasteiger partial charge in [0.1, 0.15) is 0 Å². The Labute approximate surface area is 122 Å². The molecule has 1 aliphatic rings. The fraction of sp³-hybridized carbons (Fsp3) is 0.588. The largest absolute Gasteiger partial charge is 0.345 e. The molecule has 1 heterocycles. The minimum atomic E-state index is -0.160. The van der Waals surface area contributed by atoms with E-state index in [1.165, 1.54) is 5.56 Å². The molecule has 110 valence electrons. The lowest BCUT2D eigenvalue weighted by molar-refractivity contribution is -0.141. The van der Waals surface area contributed by atoms with Gasteiger partial charge in [-0.3, -0.25) is 4.79 Å². The van der Waals surface area contributed by atoms with Gasteiger partial charge in [0.15, 0.2) is 0 Å². The SMILES string of the molecule is CN(CCCc1ccccc1)C(=O)C1(C)CCNCC1. The maximum Gasteiger partial charge on any atom is 0.228 e. The second kappa shape index (κ2) is 6.89. The molecule has 2 rings (SSSR count). The van der Waals surface area contributed by atoms with Crippen molar-refractivity contribution in [3.8, 4) is 0 Å². The first-order valence-corrected chi connectivity index (χ1v) is 7.62. The zero-order chi connectivity index (χ0) is 14.4. The van der Waals surface area contributed by atoms with Gasteiger partial charge in [-0.05, 0) is 44.3 Å². The summed E-state index contributed by atoms with van der Waals surface area (Å²) in [6, 6.07) is 10.5. The summed E-state index contributed by atoms with van der Waals surface area (Å²) in [6.45, 7) is 4.88. The first-order chi connectivity index (χ1) is 9.62. The van der Waals surface area contributed by atoms with E-state index in [0.717, 1.165) is 45.3 Å². The normalized spacial score (nSPS) is 17.7. The van der Waals surface area contributed by atoms with Gasteiger partial charge in [-0.1, -0.05) is 37.3 Å². The first kappa shape index (κ1) is 15.0. The lowest BCUT2D eigenvalue weighted by Crippen LogP contribution is -2.46. The Morgan fingerprint density at radius 2 is 1.90 bits per heavy atom. The highest BCUT2D eigenvalue weighted by molar-refractivity contribution is 5.82. The molecule has 20 heavy (non-hydrogen) atoms. The molecule has 0 spiro atoms. The van der Waals surface area contributed by atoms with Gasteiger partial charge in [-0.2, -0.15) is 0 Å². The number of benzene rings is 1. The third-order valence-electron chi connectivity index (χ3n) is 4.37. The predicted octanol–water partition coefficient (Wildman–Crippen LogP) is 2.47. The van der Waals surface area contributed by atoms with Crippen LogP contribution in [0.1, 0.15) is 31.7 Å². The topological polar surface area (TPSA) is 32.3 Å². The Kier molecular flexibility index (Phi) is 5.18. The Bertz CT molecular complexity index is 424. The minimum absolute atomic E-state index is 0.160. The lowest BCUT2D eigenvalue weighted by Gasteiger charge is -2.36. The fourth-order valence-corrected chi connectivity index (χ4v) is 2.92. The van der Waals surface area contributed by atoms with Gasteiger partial charge in [0.05, 0.1) is 0 Å². The predicted molar refractivity (Wildman–Crippen MR) is 82.6 cm³/mol. The van der Waals surface area contributed by atoms with Gasteiger partial charge >= 0.3 is 0 Å². The molecular weight excluding hydrogens is 248 g/mol. The van der Waals surface area contributed by atoms with E-state index in [4.69, 9.17) is 0 Å². The van der Waals surface area contributed by atoms with Crippen molar-refractivity contribution in [3.05, 3.63) is 35.9 Å². The highest BCUT2D eigenvalue weighted by atomic mass is 16.2. The van der Waals surface area contributed by atoms with Crippen LogP contribution in [0.15, 0.2) is 30.3 Å². The minimum Gasteiger partial charge on any atom is -0.345 e. The van der Waals surface area contributed by atoms with Crippen LogP contribution in [0.2, 0.25) is 0 Å². The number of nitrogens with zero attached hydrogens (tertiary/aromatic N) is 1. The highest BCUT2D eigenvalue weighted by Crippen LogP contribution is 2.30. The van der Waals surface area contributed by atoms with Gasteiger partial charge in [0.25, 0.3) is 0 Å².